The fourth-order valence-electron chi connectivity index (χ4n) is 1.84. The van der Waals surface area contributed by atoms with Crippen molar-refractivity contribution in [3.05, 3.63) is 66.2 Å². The van der Waals surface area contributed by atoms with Crippen LogP contribution in [0.25, 0.3) is 16.9 Å². The van der Waals surface area contributed by atoms with Crippen LogP contribution < -0.4 is 0 Å². The maximum absolute atomic E-state index is 11.3. The molecule has 0 atom stereocenters. The van der Waals surface area contributed by atoms with E-state index in [0.29, 0.717) is 5.56 Å². The van der Waals surface area contributed by atoms with Crippen molar-refractivity contribution in [1.29, 1.82) is 0 Å². The first kappa shape index (κ1) is 13.9. The predicted molar refractivity (Wildman–Crippen MR) is 79.1 cm³/mol. The van der Waals surface area contributed by atoms with Crippen LogP contribution >= 0.6 is 0 Å². The van der Waals surface area contributed by atoms with Crippen LogP contribution in [0.1, 0.15) is 12.5 Å². The normalized spacial score (nSPS) is 11.2. The Morgan fingerprint density at radius 3 is 2.25 bits per heavy atom. The first-order valence-corrected chi connectivity index (χ1v) is 6.44. The minimum Gasteiger partial charge on any atom is -0.507 e. The second-order valence-corrected chi connectivity index (χ2v) is 4.23. The zero-order valence-electron chi connectivity index (χ0n) is 11.2. The van der Waals surface area contributed by atoms with E-state index >= 15 is 0 Å². The second-order valence-electron chi connectivity index (χ2n) is 4.23. The number of aliphatic hydroxyl groups is 1. The van der Waals surface area contributed by atoms with Gasteiger partial charge in [0, 0.05) is 5.56 Å². The highest BCUT2D eigenvalue weighted by molar-refractivity contribution is 5.89. The molecule has 0 aromatic heterocycles. The van der Waals surface area contributed by atoms with Crippen molar-refractivity contribution >= 4 is 11.7 Å². The molecule has 0 radical (unpaired) electrons. The van der Waals surface area contributed by atoms with E-state index in [1.54, 1.807) is 19.1 Å². The van der Waals surface area contributed by atoms with Crippen molar-refractivity contribution in [3.63, 3.8) is 0 Å². The third-order valence-corrected chi connectivity index (χ3v) is 2.83. The molecule has 0 unspecified atom stereocenters. The summed E-state index contributed by atoms with van der Waals surface area (Å²) >= 11 is 0. The number of hydrogen-bond acceptors (Lipinski definition) is 3. The molecule has 0 aliphatic carbocycles. The Labute approximate surface area is 118 Å². The Bertz CT molecular complexity index is 598. The van der Waals surface area contributed by atoms with Crippen molar-refractivity contribution in [3.8, 4) is 11.1 Å². The Morgan fingerprint density at radius 1 is 1.05 bits per heavy atom. The van der Waals surface area contributed by atoms with E-state index < -0.39 is 5.97 Å². The number of esters is 1. The van der Waals surface area contributed by atoms with Gasteiger partial charge in [-0.25, -0.2) is 4.79 Å². The Balaban J connectivity index is 2.18. The quantitative estimate of drug-likeness (QED) is 0.521. The van der Waals surface area contributed by atoms with E-state index in [1.807, 2.05) is 42.5 Å². The van der Waals surface area contributed by atoms with E-state index in [0.717, 1.165) is 17.2 Å². The molecule has 2 aromatic carbocycles. The first-order chi connectivity index (χ1) is 9.70. The molecule has 20 heavy (non-hydrogen) atoms. The van der Waals surface area contributed by atoms with Gasteiger partial charge in [-0.05, 0) is 18.1 Å². The molecule has 0 heterocycles. The van der Waals surface area contributed by atoms with E-state index in [4.69, 9.17) is 4.74 Å². The van der Waals surface area contributed by atoms with Crippen LogP contribution in [0, 0.1) is 0 Å². The number of carbonyl (C=O) groups is 1. The minimum atomic E-state index is -0.544. The largest absolute Gasteiger partial charge is 0.507 e. The van der Waals surface area contributed by atoms with Crippen LogP contribution in [0.3, 0.4) is 0 Å². The zero-order chi connectivity index (χ0) is 14.4. The third-order valence-electron chi connectivity index (χ3n) is 2.83. The molecule has 102 valence electrons. The van der Waals surface area contributed by atoms with E-state index in [2.05, 4.69) is 0 Å². The van der Waals surface area contributed by atoms with Crippen LogP contribution in [0.15, 0.2) is 60.7 Å². The highest BCUT2D eigenvalue weighted by Gasteiger charge is 2.04. The van der Waals surface area contributed by atoms with Gasteiger partial charge in [0.1, 0.15) is 5.76 Å². The molecule has 0 saturated heterocycles. The third kappa shape index (κ3) is 3.48. The van der Waals surface area contributed by atoms with Crippen LogP contribution in [0.5, 0.6) is 0 Å². The fourth-order valence-corrected chi connectivity index (χ4v) is 1.84. The molecule has 0 spiro atoms. The summed E-state index contributed by atoms with van der Waals surface area (Å²) in [6, 6.07) is 17.3. The standard InChI is InChI=1S/C17H16O3/c1-2-20-17(19)12-16(18)15-10-8-14(9-11-15)13-6-4-3-5-7-13/h3-12,18H,2H2,1H3. The minimum absolute atomic E-state index is 0.0944. The van der Waals surface area contributed by atoms with Gasteiger partial charge >= 0.3 is 5.97 Å². The van der Waals surface area contributed by atoms with Gasteiger partial charge in [0.2, 0.25) is 0 Å². The lowest BCUT2D eigenvalue weighted by Crippen LogP contribution is -2.00. The highest BCUT2D eigenvalue weighted by atomic mass is 16.5. The van der Waals surface area contributed by atoms with Crippen molar-refractivity contribution in [2.75, 3.05) is 6.61 Å². The van der Waals surface area contributed by atoms with E-state index in [1.165, 1.54) is 0 Å². The first-order valence-electron chi connectivity index (χ1n) is 6.44. The molecule has 3 heteroatoms. The second kappa shape index (κ2) is 6.57. The maximum atomic E-state index is 11.3. The van der Waals surface area contributed by atoms with Gasteiger partial charge in [0.25, 0.3) is 0 Å². The van der Waals surface area contributed by atoms with Gasteiger partial charge in [-0.1, -0.05) is 54.6 Å². The summed E-state index contributed by atoms with van der Waals surface area (Å²) in [5.74, 6) is -0.639. The molecular formula is C17H16O3. The number of aliphatic hydroxyl groups excluding tert-OH is 1. The number of ether oxygens (including phenoxy) is 1. The molecule has 0 aliphatic rings. The topological polar surface area (TPSA) is 46.5 Å². The molecule has 3 nitrogen and oxygen atoms in total. The molecule has 0 fully saturated rings. The summed E-state index contributed by atoms with van der Waals surface area (Å²) in [5, 5.41) is 9.84. The lowest BCUT2D eigenvalue weighted by atomic mass is 10.0. The van der Waals surface area contributed by atoms with Gasteiger partial charge in [0.05, 0.1) is 12.7 Å². The van der Waals surface area contributed by atoms with Crippen molar-refractivity contribution in [2.45, 2.75) is 6.92 Å². The van der Waals surface area contributed by atoms with Crippen molar-refractivity contribution < 1.29 is 14.6 Å². The predicted octanol–water partition coefficient (Wildman–Crippen LogP) is 3.82. The van der Waals surface area contributed by atoms with Crippen LogP contribution in [-0.4, -0.2) is 17.7 Å². The Kier molecular flexibility index (Phi) is 4.56. The van der Waals surface area contributed by atoms with Crippen molar-refractivity contribution in [2.24, 2.45) is 0 Å². The van der Waals surface area contributed by atoms with Crippen LogP contribution in [-0.2, 0) is 9.53 Å². The lowest BCUT2D eigenvalue weighted by molar-refractivity contribution is -0.137. The van der Waals surface area contributed by atoms with Crippen LogP contribution in [0.4, 0.5) is 0 Å². The number of rotatable bonds is 4. The van der Waals surface area contributed by atoms with Crippen LogP contribution in [0.2, 0.25) is 0 Å². The molecule has 0 saturated carbocycles. The van der Waals surface area contributed by atoms with Gasteiger partial charge in [0.15, 0.2) is 0 Å². The summed E-state index contributed by atoms with van der Waals surface area (Å²) in [5.41, 5.74) is 2.74. The summed E-state index contributed by atoms with van der Waals surface area (Å²) in [6.07, 6.45) is 1.08. The average molecular weight is 268 g/mol. The van der Waals surface area contributed by atoms with Gasteiger partial charge in [-0.3, -0.25) is 0 Å². The van der Waals surface area contributed by atoms with E-state index in [9.17, 15) is 9.90 Å². The lowest BCUT2D eigenvalue weighted by Gasteiger charge is -2.04. The molecule has 2 rings (SSSR count). The van der Waals surface area contributed by atoms with Gasteiger partial charge < -0.3 is 9.84 Å². The monoisotopic (exact) mass is 268 g/mol. The summed E-state index contributed by atoms with van der Waals surface area (Å²) in [7, 11) is 0. The summed E-state index contributed by atoms with van der Waals surface area (Å²) in [4.78, 5) is 11.3. The van der Waals surface area contributed by atoms with E-state index in [-0.39, 0.29) is 12.4 Å². The molecule has 0 bridgehead atoms. The Hall–Kier alpha value is -2.55. The molecule has 0 amide bonds. The smallest absolute Gasteiger partial charge is 0.334 e. The number of carbonyl (C=O) groups excluding carboxylic acids is 1. The van der Waals surface area contributed by atoms with Crippen molar-refractivity contribution in [1.82, 2.24) is 0 Å². The fraction of sp³-hybridized carbons (Fsp3) is 0.118. The maximum Gasteiger partial charge on any atom is 0.334 e. The zero-order valence-corrected chi connectivity index (χ0v) is 11.2. The highest BCUT2D eigenvalue weighted by Crippen LogP contribution is 2.21. The molecule has 1 N–H and O–H groups in total. The Morgan fingerprint density at radius 2 is 1.65 bits per heavy atom. The number of hydrogen-bond donors (Lipinski definition) is 1. The summed E-state index contributed by atoms with van der Waals surface area (Å²) in [6.45, 7) is 2.01. The summed E-state index contributed by atoms with van der Waals surface area (Å²) < 4.78 is 4.75. The molecule has 0 aliphatic heterocycles. The number of benzene rings is 2. The average Bonchev–Trinajstić information content (AvgIpc) is 2.48. The SMILES string of the molecule is CCOC(=O)C=C(O)c1ccc(-c2ccccc2)cc1. The van der Waals surface area contributed by atoms with Gasteiger partial charge in [-0.15, -0.1) is 0 Å². The molecule has 2 aromatic rings. The van der Waals surface area contributed by atoms with Gasteiger partial charge in [-0.2, -0.15) is 0 Å². The molecular weight excluding hydrogens is 252 g/mol.